The van der Waals surface area contributed by atoms with Gasteiger partial charge in [-0.2, -0.15) is 0 Å². The van der Waals surface area contributed by atoms with Crippen molar-refractivity contribution < 1.29 is 27.4 Å². The van der Waals surface area contributed by atoms with Crippen molar-refractivity contribution in [2.45, 2.75) is 37.1 Å². The number of aryl methyl sites for hydroxylation is 2. The zero-order chi connectivity index (χ0) is 27.4. The van der Waals surface area contributed by atoms with Crippen LogP contribution in [0.4, 0.5) is 5.69 Å². The smallest absolute Gasteiger partial charge is 0.265 e. The summed E-state index contributed by atoms with van der Waals surface area (Å²) in [5.41, 5.74) is 3.74. The number of halogens is 1. The first kappa shape index (κ1) is 27.6. The number of sulfonamides is 1. The minimum Gasteiger partial charge on any atom is -0.495 e. The molecule has 3 aromatic rings. The number of amides is 1. The van der Waals surface area contributed by atoms with E-state index < -0.39 is 22.5 Å². The Hall–Kier alpha value is -3.43. The molecule has 1 N–H and O–H groups in total. The third-order valence-electron chi connectivity index (χ3n) is 6.64. The van der Waals surface area contributed by atoms with Crippen LogP contribution in [0.1, 0.15) is 36.1 Å². The summed E-state index contributed by atoms with van der Waals surface area (Å²) in [6.07, 6.45) is 3.22. The van der Waals surface area contributed by atoms with Crippen LogP contribution in [0.25, 0.3) is 0 Å². The molecule has 0 saturated heterocycles. The Morgan fingerprint density at radius 3 is 2.32 bits per heavy atom. The number of benzene rings is 3. The number of carbonyl (C=O) groups is 1. The predicted octanol–water partition coefficient (Wildman–Crippen LogP) is 4.93. The Kier molecular flexibility index (Phi) is 8.38. The maximum atomic E-state index is 14.0. The van der Waals surface area contributed by atoms with Gasteiger partial charge in [-0.1, -0.05) is 29.8 Å². The minimum atomic E-state index is -4.27. The summed E-state index contributed by atoms with van der Waals surface area (Å²) in [5.74, 6) is 0.377. The van der Waals surface area contributed by atoms with E-state index in [2.05, 4.69) is 17.4 Å². The SMILES string of the molecule is COc1ccc(S(=O)(=O)N(CC(=O)N[C@@H](C)c2ccc3c(c2)CCC3)c2cc(Cl)ccc2OC)cc1OC. The van der Waals surface area contributed by atoms with E-state index >= 15 is 0 Å². The molecular formula is C28H31ClN2O6S. The van der Waals surface area contributed by atoms with Crippen LogP contribution in [-0.4, -0.2) is 42.2 Å². The number of nitrogens with one attached hydrogen (secondary N) is 1. The Labute approximate surface area is 228 Å². The fourth-order valence-electron chi connectivity index (χ4n) is 4.62. The molecule has 0 heterocycles. The van der Waals surface area contributed by atoms with Crippen molar-refractivity contribution in [2.75, 3.05) is 32.2 Å². The second kappa shape index (κ2) is 11.5. The lowest BCUT2D eigenvalue weighted by molar-refractivity contribution is -0.120. The van der Waals surface area contributed by atoms with Crippen LogP contribution in [0.5, 0.6) is 17.2 Å². The van der Waals surface area contributed by atoms with Crippen LogP contribution >= 0.6 is 11.6 Å². The number of fused-ring (bicyclic) bond motifs is 1. The maximum Gasteiger partial charge on any atom is 0.265 e. The first-order chi connectivity index (χ1) is 18.2. The summed E-state index contributed by atoms with van der Waals surface area (Å²) in [6, 6.07) is 14.7. The Balaban J connectivity index is 1.68. The summed E-state index contributed by atoms with van der Waals surface area (Å²) >= 11 is 6.23. The number of hydrogen-bond donors (Lipinski definition) is 1. The number of rotatable bonds is 10. The molecule has 0 radical (unpaired) electrons. The van der Waals surface area contributed by atoms with E-state index in [1.807, 2.05) is 13.0 Å². The quantitative estimate of drug-likeness (QED) is 0.379. The van der Waals surface area contributed by atoms with Gasteiger partial charge in [0.25, 0.3) is 10.0 Å². The largest absolute Gasteiger partial charge is 0.495 e. The molecule has 3 aromatic carbocycles. The van der Waals surface area contributed by atoms with E-state index in [0.717, 1.165) is 29.1 Å². The summed E-state index contributed by atoms with van der Waals surface area (Å²) in [7, 11) is 0.0308. The fourth-order valence-corrected chi connectivity index (χ4v) is 6.23. The minimum absolute atomic E-state index is 0.0864. The predicted molar refractivity (Wildman–Crippen MR) is 147 cm³/mol. The van der Waals surface area contributed by atoms with Gasteiger partial charge in [0.15, 0.2) is 11.5 Å². The summed E-state index contributed by atoms with van der Waals surface area (Å²) in [4.78, 5) is 13.2. The lowest BCUT2D eigenvalue weighted by Crippen LogP contribution is -2.41. The molecule has 1 aliphatic carbocycles. The first-order valence-corrected chi connectivity index (χ1v) is 14.0. The van der Waals surface area contributed by atoms with Crippen molar-refractivity contribution in [2.24, 2.45) is 0 Å². The second-order valence-corrected chi connectivity index (χ2v) is 11.3. The Morgan fingerprint density at radius 1 is 0.921 bits per heavy atom. The molecule has 4 rings (SSSR count). The molecule has 0 saturated carbocycles. The van der Waals surface area contributed by atoms with Crippen LogP contribution in [0.15, 0.2) is 59.5 Å². The van der Waals surface area contributed by atoms with Gasteiger partial charge in [-0.15, -0.1) is 0 Å². The zero-order valence-corrected chi connectivity index (χ0v) is 23.4. The first-order valence-electron chi connectivity index (χ1n) is 12.2. The number of carbonyl (C=O) groups excluding carboxylic acids is 1. The van der Waals surface area contributed by atoms with E-state index in [9.17, 15) is 13.2 Å². The Bertz CT molecular complexity index is 1440. The number of hydrogen-bond acceptors (Lipinski definition) is 6. The molecule has 0 fully saturated rings. The van der Waals surface area contributed by atoms with Crippen molar-refractivity contribution in [3.05, 3.63) is 76.3 Å². The highest BCUT2D eigenvalue weighted by Gasteiger charge is 2.31. The highest BCUT2D eigenvalue weighted by atomic mass is 35.5. The van der Waals surface area contributed by atoms with Crippen molar-refractivity contribution in [3.63, 3.8) is 0 Å². The second-order valence-electron chi connectivity index (χ2n) is 9.02. The molecule has 1 aliphatic rings. The number of ether oxygens (including phenoxy) is 3. The molecular weight excluding hydrogens is 528 g/mol. The highest BCUT2D eigenvalue weighted by molar-refractivity contribution is 7.92. The van der Waals surface area contributed by atoms with Gasteiger partial charge in [0.05, 0.1) is 38.0 Å². The van der Waals surface area contributed by atoms with E-state index in [0.29, 0.717) is 10.8 Å². The number of methoxy groups -OCH3 is 3. The average Bonchev–Trinajstić information content (AvgIpc) is 3.39. The van der Waals surface area contributed by atoms with Crippen LogP contribution < -0.4 is 23.8 Å². The molecule has 0 aromatic heterocycles. The Morgan fingerprint density at radius 2 is 1.61 bits per heavy atom. The van der Waals surface area contributed by atoms with Crippen molar-refractivity contribution in [1.29, 1.82) is 0 Å². The summed E-state index contributed by atoms with van der Waals surface area (Å²) in [6.45, 7) is 1.38. The molecule has 0 aliphatic heterocycles. The fraction of sp³-hybridized carbons (Fsp3) is 0.321. The highest BCUT2D eigenvalue weighted by Crippen LogP contribution is 2.37. The van der Waals surface area contributed by atoms with E-state index in [-0.39, 0.29) is 28.1 Å². The number of anilines is 1. The van der Waals surface area contributed by atoms with Gasteiger partial charge in [0, 0.05) is 11.1 Å². The summed E-state index contributed by atoms with van der Waals surface area (Å²) < 4.78 is 44.9. The average molecular weight is 559 g/mol. The molecule has 8 nitrogen and oxygen atoms in total. The van der Waals surface area contributed by atoms with Gasteiger partial charge in [0.2, 0.25) is 5.91 Å². The van der Waals surface area contributed by atoms with E-state index in [1.165, 1.54) is 56.7 Å². The third kappa shape index (κ3) is 5.68. The van der Waals surface area contributed by atoms with Crippen molar-refractivity contribution in [1.82, 2.24) is 5.32 Å². The molecule has 0 bridgehead atoms. The molecule has 202 valence electrons. The lowest BCUT2D eigenvalue weighted by Gasteiger charge is -2.27. The molecule has 0 spiro atoms. The monoisotopic (exact) mass is 558 g/mol. The molecule has 1 atom stereocenters. The van der Waals surface area contributed by atoms with Crippen molar-refractivity contribution >= 4 is 33.2 Å². The number of nitrogens with zero attached hydrogens (tertiary/aromatic N) is 1. The summed E-state index contributed by atoms with van der Waals surface area (Å²) in [5, 5.41) is 3.23. The van der Waals surface area contributed by atoms with Gasteiger partial charge in [-0.25, -0.2) is 8.42 Å². The van der Waals surface area contributed by atoms with Crippen molar-refractivity contribution in [3.8, 4) is 17.2 Å². The molecule has 10 heteroatoms. The van der Waals surface area contributed by atoms with Gasteiger partial charge >= 0.3 is 0 Å². The molecule has 38 heavy (non-hydrogen) atoms. The normalized spacial score (nSPS) is 13.4. The van der Waals surface area contributed by atoms with Crippen LogP contribution in [-0.2, 0) is 27.7 Å². The van der Waals surface area contributed by atoms with E-state index in [1.54, 1.807) is 12.1 Å². The molecule has 1 amide bonds. The van der Waals surface area contributed by atoms with Gasteiger partial charge < -0.3 is 19.5 Å². The van der Waals surface area contributed by atoms with Gasteiger partial charge in [-0.05, 0) is 73.2 Å². The molecule has 0 unspecified atom stereocenters. The van der Waals surface area contributed by atoms with Crippen LogP contribution in [0.3, 0.4) is 0 Å². The zero-order valence-electron chi connectivity index (χ0n) is 21.8. The van der Waals surface area contributed by atoms with Gasteiger partial charge in [0.1, 0.15) is 12.3 Å². The van der Waals surface area contributed by atoms with E-state index in [4.69, 9.17) is 25.8 Å². The van der Waals surface area contributed by atoms with Crippen LogP contribution in [0, 0.1) is 0 Å². The maximum absolute atomic E-state index is 14.0. The van der Waals surface area contributed by atoms with Crippen LogP contribution in [0.2, 0.25) is 5.02 Å². The third-order valence-corrected chi connectivity index (χ3v) is 8.63. The standard InChI is InChI=1S/C28H31ClN2O6S/c1-18(20-9-8-19-6-5-7-21(19)14-20)30-28(32)17-31(24-15-22(29)10-12-25(24)35-2)38(33,34)23-11-13-26(36-3)27(16-23)37-4/h8-16,18H,5-7,17H2,1-4H3,(H,30,32)/t18-/m0/s1. The topological polar surface area (TPSA) is 94.2 Å². The lowest BCUT2D eigenvalue weighted by atomic mass is 10.0. The van der Waals surface area contributed by atoms with Gasteiger partial charge in [-0.3, -0.25) is 9.10 Å².